The third-order valence-electron chi connectivity index (χ3n) is 8.60. The predicted octanol–water partition coefficient (Wildman–Crippen LogP) is 3.26. The highest BCUT2D eigenvalue weighted by Gasteiger charge is 2.41. The molecule has 3 aliphatic heterocycles. The number of anilines is 2. The highest BCUT2D eigenvalue weighted by Crippen LogP contribution is 2.41. The molecule has 1 aromatic heterocycles. The molecule has 0 radical (unpaired) electrons. The van der Waals surface area contributed by atoms with Crippen LogP contribution in [0.3, 0.4) is 0 Å². The van der Waals surface area contributed by atoms with Crippen LogP contribution >= 0.6 is 0 Å². The van der Waals surface area contributed by atoms with Crippen LogP contribution in [0.2, 0.25) is 0 Å². The Balaban J connectivity index is 1.42. The van der Waals surface area contributed by atoms with Gasteiger partial charge in [-0.25, -0.2) is 4.39 Å². The van der Waals surface area contributed by atoms with Gasteiger partial charge in [0.25, 0.3) is 5.91 Å². The summed E-state index contributed by atoms with van der Waals surface area (Å²) in [5.41, 5.74) is 1.42. The topological polar surface area (TPSA) is 111 Å². The molecule has 0 saturated carbocycles. The largest absolute Gasteiger partial charge is 0.508 e. The van der Waals surface area contributed by atoms with E-state index >= 15 is 0 Å². The summed E-state index contributed by atoms with van der Waals surface area (Å²) in [6.07, 6.45) is 1.35. The molecule has 218 valence electrons. The van der Waals surface area contributed by atoms with Gasteiger partial charge < -0.3 is 29.5 Å². The van der Waals surface area contributed by atoms with Gasteiger partial charge >= 0.3 is 6.01 Å². The molecule has 41 heavy (non-hydrogen) atoms. The molecular weight excluding hydrogens is 529 g/mol. The number of aromatic nitrogens is 2. The molecule has 1 amide bonds. The van der Waals surface area contributed by atoms with Crippen molar-refractivity contribution in [3.8, 4) is 11.8 Å². The molecule has 0 bridgehead atoms. The van der Waals surface area contributed by atoms with Crippen LogP contribution in [0.15, 0.2) is 24.3 Å². The number of halogens is 1. The van der Waals surface area contributed by atoms with Gasteiger partial charge in [-0.3, -0.25) is 9.69 Å². The van der Waals surface area contributed by atoms with Gasteiger partial charge in [0.05, 0.1) is 36.2 Å². The van der Waals surface area contributed by atoms with Crippen LogP contribution < -0.4 is 14.5 Å². The van der Waals surface area contributed by atoms with Gasteiger partial charge in [0.2, 0.25) is 0 Å². The Morgan fingerprint density at radius 3 is 2.80 bits per heavy atom. The molecule has 0 spiro atoms. The first-order valence-corrected chi connectivity index (χ1v) is 14.2. The SMILES string of the molecule is CCc1c(F)ccc2cc(O)cc(N3Cc4nc(OCC5(C)C[C@@H](O)CN5C)nc(N5CCCOCC5)c4C3=O)c12. The maximum absolute atomic E-state index is 14.9. The summed E-state index contributed by atoms with van der Waals surface area (Å²) in [5, 5.41) is 22.0. The van der Waals surface area contributed by atoms with Crippen molar-refractivity contribution in [2.24, 2.45) is 0 Å². The number of nitrogens with zero attached hydrogens (tertiary/aromatic N) is 5. The van der Waals surface area contributed by atoms with Gasteiger partial charge in [0, 0.05) is 37.7 Å². The van der Waals surface area contributed by atoms with E-state index in [4.69, 9.17) is 14.5 Å². The number of aromatic hydroxyl groups is 1. The number of β-amino-alcohol motifs (C(OH)–C–C–N with tert-alkyl or cyclic N) is 1. The van der Waals surface area contributed by atoms with Crippen LogP contribution in [0.1, 0.15) is 48.3 Å². The van der Waals surface area contributed by atoms with Crippen LogP contribution in [0.25, 0.3) is 10.8 Å². The molecule has 3 aromatic rings. The summed E-state index contributed by atoms with van der Waals surface area (Å²) in [6.45, 7) is 7.20. The number of hydrogen-bond donors (Lipinski definition) is 2. The quantitative estimate of drug-likeness (QED) is 0.465. The van der Waals surface area contributed by atoms with Gasteiger partial charge in [0.15, 0.2) is 0 Å². The van der Waals surface area contributed by atoms with Gasteiger partial charge in [0.1, 0.15) is 29.6 Å². The van der Waals surface area contributed by atoms with E-state index in [1.54, 1.807) is 17.0 Å². The smallest absolute Gasteiger partial charge is 0.318 e. The number of aryl methyl sites for hydroxylation is 1. The Labute approximate surface area is 238 Å². The molecule has 3 aliphatic rings. The number of benzene rings is 2. The van der Waals surface area contributed by atoms with E-state index < -0.39 is 6.10 Å². The highest BCUT2D eigenvalue weighted by molar-refractivity contribution is 6.16. The number of aliphatic hydroxyl groups is 1. The molecule has 6 rings (SSSR count). The molecule has 2 aromatic carbocycles. The molecule has 1 unspecified atom stereocenters. The monoisotopic (exact) mass is 565 g/mol. The maximum Gasteiger partial charge on any atom is 0.318 e. The number of carbonyl (C=O) groups excluding carboxylic acids is 1. The van der Waals surface area contributed by atoms with E-state index in [9.17, 15) is 19.4 Å². The van der Waals surface area contributed by atoms with Crippen LogP contribution in [-0.2, 0) is 17.7 Å². The summed E-state index contributed by atoms with van der Waals surface area (Å²) < 4.78 is 26.7. The number of likely N-dealkylation sites (tertiary alicyclic amines) is 1. The first kappa shape index (κ1) is 27.6. The second kappa shape index (κ2) is 10.7. The van der Waals surface area contributed by atoms with Gasteiger partial charge in [-0.05, 0) is 56.3 Å². The summed E-state index contributed by atoms with van der Waals surface area (Å²) in [4.78, 5) is 29.2. The number of amides is 1. The summed E-state index contributed by atoms with van der Waals surface area (Å²) in [7, 11) is 1.95. The molecule has 2 N–H and O–H groups in total. The lowest BCUT2D eigenvalue weighted by molar-refractivity contribution is 0.0995. The van der Waals surface area contributed by atoms with E-state index in [0.29, 0.717) is 84.8 Å². The van der Waals surface area contributed by atoms with Gasteiger partial charge in [-0.15, -0.1) is 0 Å². The normalized spacial score (nSPS) is 23.3. The number of phenolic OH excluding ortho intramolecular Hbond substituents is 1. The second-order valence-corrected chi connectivity index (χ2v) is 11.5. The molecule has 11 heteroatoms. The van der Waals surface area contributed by atoms with Crippen molar-refractivity contribution in [2.75, 3.05) is 56.3 Å². The zero-order valence-electron chi connectivity index (χ0n) is 23.7. The van der Waals surface area contributed by atoms with E-state index in [-0.39, 0.29) is 42.2 Å². The van der Waals surface area contributed by atoms with Crippen molar-refractivity contribution < 1.29 is 28.9 Å². The van der Waals surface area contributed by atoms with E-state index in [1.807, 2.05) is 25.8 Å². The third-order valence-corrected chi connectivity index (χ3v) is 8.60. The van der Waals surface area contributed by atoms with E-state index in [2.05, 4.69) is 9.88 Å². The third kappa shape index (κ3) is 4.96. The fourth-order valence-electron chi connectivity index (χ4n) is 6.30. The minimum absolute atomic E-state index is 0.0129. The van der Waals surface area contributed by atoms with Crippen molar-refractivity contribution in [1.82, 2.24) is 14.9 Å². The average molecular weight is 566 g/mol. The lowest BCUT2D eigenvalue weighted by Gasteiger charge is -2.31. The van der Waals surface area contributed by atoms with Gasteiger partial charge in [-0.1, -0.05) is 13.0 Å². The van der Waals surface area contributed by atoms with E-state index in [0.717, 1.165) is 6.42 Å². The lowest BCUT2D eigenvalue weighted by Crippen LogP contribution is -2.43. The highest BCUT2D eigenvalue weighted by atomic mass is 19.1. The molecule has 0 aliphatic carbocycles. The Bertz CT molecular complexity index is 1490. The second-order valence-electron chi connectivity index (χ2n) is 11.5. The van der Waals surface area contributed by atoms with Crippen LogP contribution in [0.5, 0.6) is 11.8 Å². The first-order valence-electron chi connectivity index (χ1n) is 14.2. The zero-order chi connectivity index (χ0) is 28.9. The number of aliphatic hydroxyl groups excluding tert-OH is 1. The Hall–Kier alpha value is -3.54. The summed E-state index contributed by atoms with van der Waals surface area (Å²) in [6, 6.07) is 6.26. The fraction of sp³-hybridized carbons (Fsp3) is 0.500. The molecule has 10 nitrogen and oxygen atoms in total. The number of likely N-dealkylation sites (N-methyl/N-ethyl adjacent to an activating group) is 1. The lowest BCUT2D eigenvalue weighted by atomic mass is 9.99. The van der Waals surface area contributed by atoms with Gasteiger partial charge in [-0.2, -0.15) is 9.97 Å². The van der Waals surface area contributed by atoms with Crippen LogP contribution in [0.4, 0.5) is 15.9 Å². The van der Waals surface area contributed by atoms with E-state index in [1.165, 1.54) is 12.1 Å². The number of ether oxygens (including phenoxy) is 2. The van der Waals surface area contributed by atoms with Crippen molar-refractivity contribution in [3.63, 3.8) is 0 Å². The number of rotatable bonds is 6. The van der Waals surface area contributed by atoms with Crippen molar-refractivity contribution in [3.05, 3.63) is 46.9 Å². The summed E-state index contributed by atoms with van der Waals surface area (Å²) >= 11 is 0. The molecule has 2 atom stereocenters. The van der Waals surface area contributed by atoms with Crippen molar-refractivity contribution >= 4 is 28.2 Å². The number of hydrogen-bond acceptors (Lipinski definition) is 9. The fourth-order valence-corrected chi connectivity index (χ4v) is 6.30. The average Bonchev–Trinajstić information content (AvgIpc) is 3.24. The number of fused-ring (bicyclic) bond motifs is 2. The van der Waals surface area contributed by atoms with Crippen LogP contribution in [-0.4, -0.2) is 89.1 Å². The standard InChI is InChI=1S/C30H36FN5O5/c1-4-21-22(31)7-6-18-12-19(37)13-24(25(18)21)36-16-23-26(28(36)39)27(35-8-5-10-40-11-9-35)33-29(32-23)41-17-30(2)14-20(38)15-34(30)3/h6-7,12-13,20,37-38H,4-5,8-11,14-17H2,1-3H3/t20-,30?/m1/s1. The number of carbonyl (C=O) groups is 1. The number of phenols is 1. The Morgan fingerprint density at radius 1 is 1.22 bits per heavy atom. The molecule has 4 heterocycles. The van der Waals surface area contributed by atoms with Crippen LogP contribution in [0, 0.1) is 5.82 Å². The van der Waals surface area contributed by atoms with Crippen molar-refractivity contribution in [2.45, 2.75) is 51.3 Å². The Kier molecular flexibility index (Phi) is 7.21. The summed E-state index contributed by atoms with van der Waals surface area (Å²) in [5.74, 6) is -0.191. The Morgan fingerprint density at radius 2 is 2.05 bits per heavy atom. The molecular formula is C30H36FN5O5. The molecule has 2 fully saturated rings. The predicted molar refractivity (Wildman–Crippen MR) is 152 cm³/mol. The zero-order valence-corrected chi connectivity index (χ0v) is 23.7. The minimum atomic E-state index is -0.427. The van der Waals surface area contributed by atoms with Crippen molar-refractivity contribution in [1.29, 1.82) is 0 Å². The minimum Gasteiger partial charge on any atom is -0.508 e. The molecule has 2 saturated heterocycles. The maximum atomic E-state index is 14.9. The first-order chi connectivity index (χ1) is 19.7.